The van der Waals surface area contributed by atoms with Crippen molar-refractivity contribution in [3.8, 4) is 0 Å². The summed E-state index contributed by atoms with van der Waals surface area (Å²) < 4.78 is 0. The molecular formula is C13H15ClN2. The van der Waals surface area contributed by atoms with Crippen molar-refractivity contribution < 1.29 is 0 Å². The second-order valence-electron chi connectivity index (χ2n) is 5.11. The van der Waals surface area contributed by atoms with Crippen molar-refractivity contribution in [3.63, 3.8) is 0 Å². The third-order valence-electron chi connectivity index (χ3n) is 2.54. The highest BCUT2D eigenvalue weighted by atomic mass is 35.5. The Hall–Kier alpha value is -1.15. The summed E-state index contributed by atoms with van der Waals surface area (Å²) in [6.07, 6.45) is 0. The van der Waals surface area contributed by atoms with Gasteiger partial charge in [-0.25, -0.2) is 9.97 Å². The van der Waals surface area contributed by atoms with Crippen LogP contribution in [-0.4, -0.2) is 9.97 Å². The molecule has 0 saturated carbocycles. The lowest BCUT2D eigenvalue weighted by atomic mass is 9.89. The van der Waals surface area contributed by atoms with Crippen LogP contribution in [0.15, 0.2) is 18.2 Å². The van der Waals surface area contributed by atoms with E-state index in [-0.39, 0.29) is 5.41 Å². The Morgan fingerprint density at radius 2 is 1.81 bits per heavy atom. The maximum atomic E-state index is 5.96. The van der Waals surface area contributed by atoms with E-state index in [4.69, 9.17) is 11.6 Å². The fourth-order valence-electron chi connectivity index (χ4n) is 1.78. The van der Waals surface area contributed by atoms with Gasteiger partial charge >= 0.3 is 0 Å². The second-order valence-corrected chi connectivity index (χ2v) is 5.45. The number of nitrogens with zero attached hydrogens (tertiary/aromatic N) is 2. The standard InChI is InChI=1S/C13H15ClN2/c1-8-5-6-9-10(7-8)15-12(14)16-11(9)13(2,3)4/h5-7H,1-4H3. The molecular weight excluding hydrogens is 220 g/mol. The van der Waals surface area contributed by atoms with Crippen LogP contribution in [0.4, 0.5) is 0 Å². The molecule has 0 atom stereocenters. The van der Waals surface area contributed by atoms with Crippen LogP contribution in [0.5, 0.6) is 0 Å². The van der Waals surface area contributed by atoms with Gasteiger partial charge in [-0.1, -0.05) is 32.9 Å². The third-order valence-corrected chi connectivity index (χ3v) is 2.70. The molecule has 84 valence electrons. The van der Waals surface area contributed by atoms with Gasteiger partial charge in [0.05, 0.1) is 11.2 Å². The van der Waals surface area contributed by atoms with Crippen LogP contribution in [0.3, 0.4) is 0 Å². The van der Waals surface area contributed by atoms with Crippen LogP contribution in [-0.2, 0) is 5.41 Å². The molecule has 0 aliphatic carbocycles. The van der Waals surface area contributed by atoms with Crippen LogP contribution >= 0.6 is 11.6 Å². The first-order chi connectivity index (χ1) is 7.38. The molecule has 0 aliphatic rings. The van der Waals surface area contributed by atoms with Gasteiger partial charge in [0.2, 0.25) is 5.28 Å². The highest BCUT2D eigenvalue weighted by molar-refractivity contribution is 6.28. The van der Waals surface area contributed by atoms with Crippen LogP contribution in [0, 0.1) is 6.92 Å². The fourth-order valence-corrected chi connectivity index (χ4v) is 1.96. The Bertz CT molecular complexity index is 536. The molecule has 2 aromatic rings. The second kappa shape index (κ2) is 3.70. The smallest absolute Gasteiger partial charge is 0.222 e. The number of fused-ring (bicyclic) bond motifs is 1. The summed E-state index contributed by atoms with van der Waals surface area (Å²) in [4.78, 5) is 8.62. The highest BCUT2D eigenvalue weighted by Crippen LogP contribution is 2.28. The Labute approximate surface area is 101 Å². The van der Waals surface area contributed by atoms with E-state index in [0.717, 1.165) is 16.6 Å². The van der Waals surface area contributed by atoms with Gasteiger partial charge in [0.1, 0.15) is 0 Å². The van der Waals surface area contributed by atoms with E-state index in [1.807, 2.05) is 13.0 Å². The van der Waals surface area contributed by atoms with Gasteiger partial charge in [-0.05, 0) is 30.2 Å². The normalized spacial score (nSPS) is 12.1. The third kappa shape index (κ3) is 2.03. The predicted octanol–water partition coefficient (Wildman–Crippen LogP) is 3.89. The Balaban J connectivity index is 2.83. The SMILES string of the molecule is Cc1ccc2c(C(C)(C)C)nc(Cl)nc2c1. The van der Waals surface area contributed by atoms with E-state index in [1.165, 1.54) is 5.56 Å². The number of hydrogen-bond donors (Lipinski definition) is 0. The maximum absolute atomic E-state index is 5.96. The van der Waals surface area contributed by atoms with E-state index in [1.54, 1.807) is 0 Å². The summed E-state index contributed by atoms with van der Waals surface area (Å²) in [5, 5.41) is 1.41. The molecule has 16 heavy (non-hydrogen) atoms. The van der Waals surface area contributed by atoms with Gasteiger partial charge < -0.3 is 0 Å². The molecule has 1 aromatic heterocycles. The van der Waals surface area contributed by atoms with Crippen molar-refractivity contribution in [2.45, 2.75) is 33.1 Å². The molecule has 1 heterocycles. The van der Waals surface area contributed by atoms with Crippen molar-refractivity contribution in [3.05, 3.63) is 34.7 Å². The monoisotopic (exact) mass is 234 g/mol. The lowest BCUT2D eigenvalue weighted by molar-refractivity contribution is 0.574. The van der Waals surface area contributed by atoms with Crippen molar-refractivity contribution in [1.82, 2.24) is 9.97 Å². The molecule has 0 spiro atoms. The van der Waals surface area contributed by atoms with Gasteiger partial charge in [0, 0.05) is 10.8 Å². The quantitative estimate of drug-likeness (QED) is 0.647. The first-order valence-electron chi connectivity index (χ1n) is 5.32. The molecule has 2 nitrogen and oxygen atoms in total. The Morgan fingerprint density at radius 1 is 1.12 bits per heavy atom. The topological polar surface area (TPSA) is 25.8 Å². The first kappa shape index (κ1) is 11.3. The van der Waals surface area contributed by atoms with Gasteiger partial charge in [-0.3, -0.25) is 0 Å². The van der Waals surface area contributed by atoms with Crippen molar-refractivity contribution in [2.75, 3.05) is 0 Å². The molecule has 0 fully saturated rings. The number of aromatic nitrogens is 2. The molecule has 0 N–H and O–H groups in total. The molecule has 0 radical (unpaired) electrons. The molecule has 0 aliphatic heterocycles. The molecule has 0 bridgehead atoms. The van der Waals surface area contributed by atoms with E-state index >= 15 is 0 Å². The lowest BCUT2D eigenvalue weighted by Crippen LogP contribution is -2.15. The van der Waals surface area contributed by atoms with Gasteiger partial charge in [-0.2, -0.15) is 0 Å². The zero-order valence-electron chi connectivity index (χ0n) is 10.0. The molecule has 2 rings (SSSR count). The van der Waals surface area contributed by atoms with E-state index in [2.05, 4.69) is 42.9 Å². The van der Waals surface area contributed by atoms with Gasteiger partial charge in [0.15, 0.2) is 0 Å². The van der Waals surface area contributed by atoms with Gasteiger partial charge in [0.25, 0.3) is 0 Å². The maximum Gasteiger partial charge on any atom is 0.223 e. The number of rotatable bonds is 0. The summed E-state index contributed by atoms with van der Waals surface area (Å²) >= 11 is 5.96. The number of benzene rings is 1. The summed E-state index contributed by atoms with van der Waals surface area (Å²) in [6.45, 7) is 8.44. The lowest BCUT2D eigenvalue weighted by Gasteiger charge is -2.19. The number of hydrogen-bond acceptors (Lipinski definition) is 2. The minimum absolute atomic E-state index is 0.0277. The molecule has 0 saturated heterocycles. The Kier molecular flexibility index (Phi) is 2.62. The summed E-state index contributed by atoms with van der Waals surface area (Å²) in [5.41, 5.74) is 3.08. The summed E-state index contributed by atoms with van der Waals surface area (Å²) in [5.74, 6) is 0. The first-order valence-corrected chi connectivity index (χ1v) is 5.70. The summed E-state index contributed by atoms with van der Waals surface area (Å²) in [7, 11) is 0. The van der Waals surface area contributed by atoms with Gasteiger partial charge in [-0.15, -0.1) is 0 Å². The van der Waals surface area contributed by atoms with E-state index in [0.29, 0.717) is 5.28 Å². The summed E-state index contributed by atoms with van der Waals surface area (Å²) in [6, 6.07) is 6.19. The highest BCUT2D eigenvalue weighted by Gasteiger charge is 2.20. The Morgan fingerprint density at radius 3 is 2.44 bits per heavy atom. The van der Waals surface area contributed by atoms with Crippen LogP contribution < -0.4 is 0 Å². The van der Waals surface area contributed by atoms with Crippen LogP contribution in [0.2, 0.25) is 5.28 Å². The van der Waals surface area contributed by atoms with Crippen molar-refractivity contribution >= 4 is 22.5 Å². The zero-order valence-corrected chi connectivity index (χ0v) is 10.8. The van der Waals surface area contributed by atoms with E-state index in [9.17, 15) is 0 Å². The molecule has 0 amide bonds. The van der Waals surface area contributed by atoms with Crippen molar-refractivity contribution in [2.24, 2.45) is 0 Å². The molecule has 3 heteroatoms. The minimum atomic E-state index is -0.0277. The minimum Gasteiger partial charge on any atom is -0.222 e. The fraction of sp³-hybridized carbons (Fsp3) is 0.385. The van der Waals surface area contributed by atoms with Crippen LogP contribution in [0.25, 0.3) is 10.9 Å². The average molecular weight is 235 g/mol. The van der Waals surface area contributed by atoms with Crippen molar-refractivity contribution in [1.29, 1.82) is 0 Å². The predicted molar refractivity (Wildman–Crippen MR) is 68.0 cm³/mol. The van der Waals surface area contributed by atoms with Crippen LogP contribution in [0.1, 0.15) is 32.0 Å². The largest absolute Gasteiger partial charge is 0.223 e. The number of halogens is 1. The number of aryl methyl sites for hydroxylation is 1. The molecule has 1 aromatic carbocycles. The zero-order chi connectivity index (χ0) is 11.9. The molecule has 0 unspecified atom stereocenters. The average Bonchev–Trinajstić information content (AvgIpc) is 2.14. The van der Waals surface area contributed by atoms with E-state index < -0.39 is 0 Å².